The Balaban J connectivity index is 1.98. The van der Waals surface area contributed by atoms with Crippen LogP contribution in [0.5, 0.6) is 5.75 Å². The molecule has 1 aliphatic heterocycles. The van der Waals surface area contributed by atoms with Crippen molar-refractivity contribution in [1.29, 1.82) is 0 Å². The number of carbonyl (C=O) groups excluding carboxylic acids is 1. The van der Waals surface area contributed by atoms with Gasteiger partial charge in [-0.25, -0.2) is 9.79 Å². The van der Waals surface area contributed by atoms with Crippen LogP contribution in [0.4, 0.5) is 0 Å². The molecule has 0 unspecified atom stereocenters. The molecule has 146 valence electrons. The third kappa shape index (κ3) is 3.40. The molecule has 1 atom stereocenters. The van der Waals surface area contributed by atoms with E-state index in [0.29, 0.717) is 26.2 Å². The Hall–Kier alpha value is -3.45. The number of ether oxygens (including phenoxy) is 1. The Kier molecular flexibility index (Phi) is 4.90. The average molecular weight is 406 g/mol. The fraction of sp³-hybridized carbons (Fsp3) is 0.136. The van der Waals surface area contributed by atoms with E-state index in [0.717, 1.165) is 5.56 Å². The number of benzene rings is 2. The average Bonchev–Trinajstić information content (AvgIpc) is 3.02. The number of hydrogen-bond donors (Lipinski definition) is 1. The highest BCUT2D eigenvalue weighted by molar-refractivity contribution is 7.07. The third-order valence-electron chi connectivity index (χ3n) is 4.71. The van der Waals surface area contributed by atoms with Gasteiger partial charge in [-0.1, -0.05) is 53.8 Å². The number of aromatic hydroxyl groups is 1. The first kappa shape index (κ1) is 18.9. The van der Waals surface area contributed by atoms with Gasteiger partial charge in [0, 0.05) is 0 Å². The van der Waals surface area contributed by atoms with Crippen LogP contribution >= 0.6 is 11.3 Å². The topological polar surface area (TPSA) is 80.9 Å². The Bertz CT molecular complexity index is 1300. The first-order chi connectivity index (χ1) is 14.0. The van der Waals surface area contributed by atoms with Gasteiger partial charge in [0.1, 0.15) is 5.75 Å². The maximum absolute atomic E-state index is 13.3. The van der Waals surface area contributed by atoms with Crippen LogP contribution in [0.3, 0.4) is 0 Å². The smallest absolute Gasteiger partial charge is 0.338 e. The molecular formula is C22H18N2O4S. The molecule has 2 aromatic carbocycles. The van der Waals surface area contributed by atoms with Crippen LogP contribution in [-0.4, -0.2) is 22.8 Å². The number of methoxy groups -OCH3 is 1. The fourth-order valence-corrected chi connectivity index (χ4v) is 4.46. The van der Waals surface area contributed by atoms with E-state index in [4.69, 9.17) is 4.74 Å². The number of thiazole rings is 1. The van der Waals surface area contributed by atoms with E-state index in [1.165, 1.54) is 23.0 Å². The van der Waals surface area contributed by atoms with Crippen molar-refractivity contribution in [1.82, 2.24) is 4.57 Å². The number of hydrogen-bond acceptors (Lipinski definition) is 6. The normalized spacial score (nSPS) is 16.3. The summed E-state index contributed by atoms with van der Waals surface area (Å²) in [6.07, 6.45) is 1.71. The van der Waals surface area contributed by atoms with Crippen molar-refractivity contribution >= 4 is 23.4 Å². The van der Waals surface area contributed by atoms with Gasteiger partial charge in [-0.05, 0) is 36.3 Å². The van der Waals surface area contributed by atoms with Crippen LogP contribution < -0.4 is 14.9 Å². The second kappa shape index (κ2) is 7.52. The number of esters is 1. The number of rotatable bonds is 3. The fourth-order valence-electron chi connectivity index (χ4n) is 3.41. The van der Waals surface area contributed by atoms with Crippen molar-refractivity contribution in [2.45, 2.75) is 13.0 Å². The lowest BCUT2D eigenvalue weighted by molar-refractivity contribution is -0.136. The number of fused-ring (bicyclic) bond motifs is 1. The van der Waals surface area contributed by atoms with Gasteiger partial charge in [0.25, 0.3) is 5.56 Å². The zero-order valence-electron chi connectivity index (χ0n) is 15.8. The Labute approximate surface area is 170 Å². The first-order valence-corrected chi connectivity index (χ1v) is 9.76. The molecule has 0 aliphatic carbocycles. The van der Waals surface area contributed by atoms with E-state index in [-0.39, 0.29) is 11.3 Å². The zero-order chi connectivity index (χ0) is 20.5. The molecule has 0 saturated heterocycles. The quantitative estimate of drug-likeness (QED) is 0.676. The minimum atomic E-state index is -0.619. The number of carbonyl (C=O) groups is 1. The van der Waals surface area contributed by atoms with Crippen molar-refractivity contribution in [3.05, 3.63) is 96.7 Å². The summed E-state index contributed by atoms with van der Waals surface area (Å²) in [4.78, 5) is 30.8. The van der Waals surface area contributed by atoms with E-state index in [1.807, 2.05) is 30.3 Å². The van der Waals surface area contributed by atoms with Gasteiger partial charge in [0.15, 0.2) is 4.80 Å². The summed E-state index contributed by atoms with van der Waals surface area (Å²) < 4.78 is 6.98. The van der Waals surface area contributed by atoms with Crippen LogP contribution in [0.1, 0.15) is 24.1 Å². The number of allylic oxidation sites excluding steroid dienone is 1. The maximum atomic E-state index is 13.3. The number of phenolic OH excluding ortho intramolecular Hbond substituents is 1. The highest BCUT2D eigenvalue weighted by Crippen LogP contribution is 2.30. The van der Waals surface area contributed by atoms with Crippen LogP contribution in [0.15, 0.2) is 75.7 Å². The summed E-state index contributed by atoms with van der Waals surface area (Å²) in [6.45, 7) is 1.74. The molecule has 0 amide bonds. The molecule has 0 radical (unpaired) electrons. The Morgan fingerprint density at radius 3 is 2.66 bits per heavy atom. The molecule has 1 aliphatic rings. The van der Waals surface area contributed by atoms with E-state index in [2.05, 4.69) is 4.99 Å². The summed E-state index contributed by atoms with van der Waals surface area (Å²) in [5.41, 5.74) is 2.12. The Morgan fingerprint density at radius 1 is 1.21 bits per heavy atom. The number of aromatic nitrogens is 1. The van der Waals surface area contributed by atoms with Crippen molar-refractivity contribution in [3.8, 4) is 5.75 Å². The summed E-state index contributed by atoms with van der Waals surface area (Å²) in [6, 6.07) is 15.4. The molecule has 0 fully saturated rings. The van der Waals surface area contributed by atoms with Crippen LogP contribution in [0, 0.1) is 0 Å². The largest absolute Gasteiger partial charge is 0.508 e. The second-order valence-electron chi connectivity index (χ2n) is 6.58. The number of phenols is 1. The third-order valence-corrected chi connectivity index (χ3v) is 5.69. The van der Waals surface area contributed by atoms with E-state index >= 15 is 0 Å². The van der Waals surface area contributed by atoms with E-state index in [1.54, 1.807) is 37.3 Å². The molecule has 0 spiro atoms. The molecule has 1 N–H and O–H groups in total. The van der Waals surface area contributed by atoms with Gasteiger partial charge >= 0.3 is 5.97 Å². The maximum Gasteiger partial charge on any atom is 0.338 e. The summed E-state index contributed by atoms with van der Waals surface area (Å²) in [5, 5.41) is 9.69. The Morgan fingerprint density at radius 2 is 1.97 bits per heavy atom. The molecule has 0 saturated carbocycles. The second-order valence-corrected chi connectivity index (χ2v) is 7.59. The lowest BCUT2D eigenvalue weighted by Crippen LogP contribution is -2.39. The van der Waals surface area contributed by atoms with Gasteiger partial charge in [0.05, 0.1) is 29.0 Å². The monoisotopic (exact) mass is 406 g/mol. The summed E-state index contributed by atoms with van der Waals surface area (Å²) >= 11 is 1.25. The lowest BCUT2D eigenvalue weighted by Gasteiger charge is -2.24. The van der Waals surface area contributed by atoms with Gasteiger partial charge in [-0.15, -0.1) is 0 Å². The predicted molar refractivity (Wildman–Crippen MR) is 110 cm³/mol. The van der Waals surface area contributed by atoms with Crippen molar-refractivity contribution in [2.24, 2.45) is 4.99 Å². The minimum absolute atomic E-state index is 0.123. The van der Waals surface area contributed by atoms with Gasteiger partial charge in [-0.3, -0.25) is 9.36 Å². The van der Waals surface area contributed by atoms with E-state index in [9.17, 15) is 14.7 Å². The van der Waals surface area contributed by atoms with Gasteiger partial charge in [0.2, 0.25) is 0 Å². The van der Waals surface area contributed by atoms with Crippen LogP contribution in [-0.2, 0) is 9.53 Å². The molecule has 3 aromatic rings. The summed E-state index contributed by atoms with van der Waals surface area (Å²) in [5.74, 6) is -0.389. The molecule has 7 heteroatoms. The highest BCUT2D eigenvalue weighted by atomic mass is 32.1. The molecule has 1 aromatic heterocycles. The van der Waals surface area contributed by atoms with Crippen LogP contribution in [0.2, 0.25) is 0 Å². The van der Waals surface area contributed by atoms with E-state index < -0.39 is 12.0 Å². The standard InChI is InChI=1S/C22H18N2O4S/c1-13-18(21(27)28-2)19(15-8-4-3-5-9-15)24-20(26)17(29-22(24)23-13)12-14-7-6-10-16(25)11-14/h3-12,19,25H,1-2H3/b17-12-/t19-/m0/s1. The molecule has 6 nitrogen and oxygen atoms in total. The van der Waals surface area contributed by atoms with Crippen molar-refractivity contribution in [3.63, 3.8) is 0 Å². The highest BCUT2D eigenvalue weighted by Gasteiger charge is 2.32. The van der Waals surface area contributed by atoms with Gasteiger partial charge in [-0.2, -0.15) is 0 Å². The molecule has 0 bridgehead atoms. The molecule has 2 heterocycles. The zero-order valence-corrected chi connectivity index (χ0v) is 16.6. The van der Waals surface area contributed by atoms with Gasteiger partial charge < -0.3 is 9.84 Å². The molecule has 4 rings (SSSR count). The van der Waals surface area contributed by atoms with Crippen molar-refractivity contribution < 1.29 is 14.6 Å². The SMILES string of the molecule is COC(=O)C1=C(C)N=c2s/c(=C\c3cccc(O)c3)c(=O)n2[C@H]1c1ccccc1. The summed E-state index contributed by atoms with van der Waals surface area (Å²) in [7, 11) is 1.32. The molecular weight excluding hydrogens is 388 g/mol. The first-order valence-electron chi connectivity index (χ1n) is 8.94. The number of nitrogens with zero attached hydrogens (tertiary/aromatic N) is 2. The van der Waals surface area contributed by atoms with Crippen LogP contribution in [0.25, 0.3) is 6.08 Å². The lowest BCUT2D eigenvalue weighted by atomic mass is 9.96. The minimum Gasteiger partial charge on any atom is -0.508 e. The predicted octanol–water partition coefficient (Wildman–Crippen LogP) is 2.11. The van der Waals surface area contributed by atoms with Crippen molar-refractivity contribution in [2.75, 3.05) is 7.11 Å². The molecule has 29 heavy (non-hydrogen) atoms.